The molecule has 2 atom stereocenters. The lowest BCUT2D eigenvalue weighted by molar-refractivity contribution is -0.129. The summed E-state index contributed by atoms with van der Waals surface area (Å²) in [5.41, 5.74) is 6.98. The first kappa shape index (κ1) is 18.5. The lowest BCUT2D eigenvalue weighted by Gasteiger charge is -2.23. The van der Waals surface area contributed by atoms with E-state index in [1.165, 1.54) is 0 Å². The van der Waals surface area contributed by atoms with Crippen molar-refractivity contribution < 1.29 is 9.59 Å². The SMILES string of the molecule is CC(CN1CCCC1=O)NC(=O)[C@@H](N)Cc1ccccc1.Cl. The van der Waals surface area contributed by atoms with E-state index in [0.29, 0.717) is 19.4 Å². The van der Waals surface area contributed by atoms with E-state index in [0.717, 1.165) is 18.5 Å². The Morgan fingerprint density at radius 2 is 2.05 bits per heavy atom. The molecule has 0 saturated carbocycles. The molecule has 2 amide bonds. The van der Waals surface area contributed by atoms with E-state index in [1.807, 2.05) is 37.3 Å². The molecule has 3 N–H and O–H groups in total. The number of rotatable bonds is 6. The van der Waals surface area contributed by atoms with Crippen LogP contribution >= 0.6 is 12.4 Å². The Morgan fingerprint density at radius 1 is 1.36 bits per heavy atom. The molecule has 0 spiro atoms. The van der Waals surface area contributed by atoms with Gasteiger partial charge in [0.15, 0.2) is 0 Å². The molecule has 6 heteroatoms. The maximum Gasteiger partial charge on any atom is 0.237 e. The molecule has 0 aromatic heterocycles. The topological polar surface area (TPSA) is 75.4 Å². The van der Waals surface area contributed by atoms with E-state index < -0.39 is 6.04 Å². The number of carbonyl (C=O) groups is 2. The van der Waals surface area contributed by atoms with E-state index >= 15 is 0 Å². The number of amides is 2. The van der Waals surface area contributed by atoms with Gasteiger partial charge in [0.1, 0.15) is 0 Å². The van der Waals surface area contributed by atoms with Gasteiger partial charge >= 0.3 is 0 Å². The summed E-state index contributed by atoms with van der Waals surface area (Å²) in [6.45, 7) is 3.25. The minimum atomic E-state index is -0.566. The van der Waals surface area contributed by atoms with Gasteiger partial charge in [-0.3, -0.25) is 9.59 Å². The Labute approximate surface area is 137 Å². The number of nitrogens with two attached hydrogens (primary N) is 1. The number of hydrogen-bond donors (Lipinski definition) is 2. The van der Waals surface area contributed by atoms with Crippen molar-refractivity contribution in [1.29, 1.82) is 0 Å². The Kier molecular flexibility index (Phi) is 7.35. The third kappa shape index (κ3) is 5.31. The van der Waals surface area contributed by atoms with Crippen LogP contribution in [-0.4, -0.2) is 41.9 Å². The van der Waals surface area contributed by atoms with Crippen molar-refractivity contribution in [2.45, 2.75) is 38.3 Å². The Balaban J connectivity index is 0.00000242. The minimum Gasteiger partial charge on any atom is -0.351 e. The summed E-state index contributed by atoms with van der Waals surface area (Å²) < 4.78 is 0. The molecule has 1 unspecified atom stereocenters. The molecule has 1 aromatic rings. The second-order valence-electron chi connectivity index (χ2n) is 5.65. The van der Waals surface area contributed by atoms with Gasteiger partial charge in [-0.2, -0.15) is 0 Å². The first-order valence-corrected chi connectivity index (χ1v) is 7.44. The number of nitrogens with zero attached hydrogens (tertiary/aromatic N) is 1. The van der Waals surface area contributed by atoms with Crippen molar-refractivity contribution in [2.24, 2.45) is 5.73 Å². The zero-order valence-corrected chi connectivity index (χ0v) is 13.6. The summed E-state index contributed by atoms with van der Waals surface area (Å²) in [4.78, 5) is 25.4. The highest BCUT2D eigenvalue weighted by atomic mass is 35.5. The lowest BCUT2D eigenvalue weighted by atomic mass is 10.1. The van der Waals surface area contributed by atoms with Crippen LogP contribution in [0.2, 0.25) is 0 Å². The third-order valence-corrected chi connectivity index (χ3v) is 3.69. The molecule has 5 nitrogen and oxygen atoms in total. The predicted molar refractivity (Wildman–Crippen MR) is 88.8 cm³/mol. The average molecular weight is 326 g/mol. The van der Waals surface area contributed by atoms with Crippen LogP contribution in [0.5, 0.6) is 0 Å². The summed E-state index contributed by atoms with van der Waals surface area (Å²) in [5, 5.41) is 2.89. The molecule has 2 rings (SSSR count). The van der Waals surface area contributed by atoms with Crippen LogP contribution in [0.3, 0.4) is 0 Å². The van der Waals surface area contributed by atoms with Gasteiger partial charge in [0.05, 0.1) is 6.04 Å². The highest BCUT2D eigenvalue weighted by Crippen LogP contribution is 2.10. The highest BCUT2D eigenvalue weighted by Gasteiger charge is 2.23. The van der Waals surface area contributed by atoms with Gasteiger partial charge in [0.25, 0.3) is 0 Å². The monoisotopic (exact) mass is 325 g/mol. The number of benzene rings is 1. The second-order valence-corrected chi connectivity index (χ2v) is 5.65. The van der Waals surface area contributed by atoms with Crippen LogP contribution < -0.4 is 11.1 Å². The summed E-state index contributed by atoms with van der Waals surface area (Å²) in [7, 11) is 0. The number of likely N-dealkylation sites (tertiary alicyclic amines) is 1. The molecule has 22 heavy (non-hydrogen) atoms. The molecule has 1 aliphatic rings. The Morgan fingerprint density at radius 3 is 2.64 bits per heavy atom. The van der Waals surface area contributed by atoms with Crippen molar-refractivity contribution in [3.8, 4) is 0 Å². The zero-order valence-electron chi connectivity index (χ0n) is 12.8. The van der Waals surface area contributed by atoms with Crippen LogP contribution in [0.1, 0.15) is 25.3 Å². The maximum atomic E-state index is 12.1. The number of halogens is 1. The number of carbonyl (C=O) groups excluding carboxylic acids is 2. The van der Waals surface area contributed by atoms with E-state index in [-0.39, 0.29) is 30.3 Å². The van der Waals surface area contributed by atoms with E-state index in [9.17, 15) is 9.59 Å². The lowest BCUT2D eigenvalue weighted by Crippen LogP contribution is -2.49. The van der Waals surface area contributed by atoms with Gasteiger partial charge in [-0.1, -0.05) is 30.3 Å². The van der Waals surface area contributed by atoms with Gasteiger partial charge < -0.3 is 16.0 Å². The largest absolute Gasteiger partial charge is 0.351 e. The molecular weight excluding hydrogens is 302 g/mol. The van der Waals surface area contributed by atoms with E-state index in [2.05, 4.69) is 5.32 Å². The summed E-state index contributed by atoms with van der Waals surface area (Å²) >= 11 is 0. The molecule has 0 radical (unpaired) electrons. The fourth-order valence-corrected chi connectivity index (χ4v) is 2.58. The number of hydrogen-bond acceptors (Lipinski definition) is 3. The summed E-state index contributed by atoms with van der Waals surface area (Å²) in [5.74, 6) is 0.00248. The van der Waals surface area contributed by atoms with Gasteiger partial charge in [-0.25, -0.2) is 0 Å². The van der Waals surface area contributed by atoms with Crippen LogP contribution in [-0.2, 0) is 16.0 Å². The quantitative estimate of drug-likeness (QED) is 0.822. The van der Waals surface area contributed by atoms with Gasteiger partial charge in [-0.15, -0.1) is 12.4 Å². The van der Waals surface area contributed by atoms with Gasteiger partial charge in [0, 0.05) is 25.6 Å². The van der Waals surface area contributed by atoms with Crippen LogP contribution in [0.25, 0.3) is 0 Å². The van der Waals surface area contributed by atoms with Gasteiger partial charge in [0.2, 0.25) is 11.8 Å². The van der Waals surface area contributed by atoms with Crippen LogP contribution in [0.4, 0.5) is 0 Å². The van der Waals surface area contributed by atoms with Crippen molar-refractivity contribution >= 4 is 24.2 Å². The normalized spacial score (nSPS) is 16.8. The molecule has 122 valence electrons. The summed E-state index contributed by atoms with van der Waals surface area (Å²) in [6.07, 6.45) is 2.04. The summed E-state index contributed by atoms with van der Waals surface area (Å²) in [6, 6.07) is 9.07. The third-order valence-electron chi connectivity index (χ3n) is 3.69. The van der Waals surface area contributed by atoms with E-state index in [4.69, 9.17) is 5.73 Å². The number of nitrogens with one attached hydrogen (secondary N) is 1. The van der Waals surface area contributed by atoms with Crippen LogP contribution in [0, 0.1) is 0 Å². The molecule has 1 heterocycles. The zero-order chi connectivity index (χ0) is 15.2. The minimum absolute atomic E-state index is 0. The standard InChI is InChI=1S/C16H23N3O2.ClH/c1-12(11-19-9-5-8-15(19)20)18-16(21)14(17)10-13-6-3-2-4-7-13;/h2-4,6-7,12,14H,5,8-11,17H2,1H3,(H,18,21);1H/t12?,14-;/m0./s1. The molecule has 1 aromatic carbocycles. The molecule has 0 aliphatic carbocycles. The fraction of sp³-hybridized carbons (Fsp3) is 0.500. The van der Waals surface area contributed by atoms with Crippen molar-refractivity contribution in [1.82, 2.24) is 10.2 Å². The molecule has 1 saturated heterocycles. The van der Waals surface area contributed by atoms with E-state index in [1.54, 1.807) is 4.90 Å². The first-order valence-electron chi connectivity index (χ1n) is 7.44. The first-order chi connectivity index (χ1) is 10.1. The molecule has 0 bridgehead atoms. The van der Waals surface area contributed by atoms with Crippen molar-refractivity contribution in [3.05, 3.63) is 35.9 Å². The fourth-order valence-electron chi connectivity index (χ4n) is 2.58. The van der Waals surface area contributed by atoms with Crippen LogP contribution in [0.15, 0.2) is 30.3 Å². The van der Waals surface area contributed by atoms with Crippen molar-refractivity contribution in [2.75, 3.05) is 13.1 Å². The molecule has 1 fully saturated rings. The second kappa shape index (κ2) is 8.76. The van der Waals surface area contributed by atoms with Gasteiger partial charge in [-0.05, 0) is 25.3 Å². The van der Waals surface area contributed by atoms with Crippen molar-refractivity contribution in [3.63, 3.8) is 0 Å². The Bertz CT molecular complexity index is 495. The molecule has 1 aliphatic heterocycles. The molecular formula is C16H24ClN3O2. The maximum absolute atomic E-state index is 12.1. The Hall–Kier alpha value is -1.59. The average Bonchev–Trinajstić information content (AvgIpc) is 2.85. The highest BCUT2D eigenvalue weighted by molar-refractivity contribution is 5.85. The predicted octanol–water partition coefficient (Wildman–Crippen LogP) is 1.11. The smallest absolute Gasteiger partial charge is 0.237 e.